The van der Waals surface area contributed by atoms with Crippen LogP contribution in [0.15, 0.2) is 109 Å². The van der Waals surface area contributed by atoms with E-state index in [4.69, 9.17) is 9.47 Å². The van der Waals surface area contributed by atoms with Crippen LogP contribution in [0.2, 0.25) is 0 Å². The van der Waals surface area contributed by atoms with Crippen LogP contribution in [0.3, 0.4) is 0 Å². The van der Waals surface area contributed by atoms with Gasteiger partial charge in [-0.2, -0.15) is 0 Å². The van der Waals surface area contributed by atoms with Crippen LogP contribution in [0, 0.1) is 13.8 Å². The average molecular weight is 534 g/mol. The maximum absolute atomic E-state index is 11.9. The molecule has 1 N–H and O–H groups in total. The minimum atomic E-state index is -0.728. The lowest BCUT2D eigenvalue weighted by Crippen LogP contribution is -2.28. The molecule has 0 bridgehead atoms. The summed E-state index contributed by atoms with van der Waals surface area (Å²) in [7, 11) is 0. The second kappa shape index (κ2) is 13.5. The first-order chi connectivity index (χ1) is 19.3. The fraction of sp³-hybridized carbons (Fsp3) is 0.171. The van der Waals surface area contributed by atoms with Crippen molar-refractivity contribution in [3.05, 3.63) is 131 Å². The van der Waals surface area contributed by atoms with Crippen molar-refractivity contribution in [1.82, 2.24) is 0 Å². The number of anilines is 3. The molecular formula is C35H35NO4. The van der Waals surface area contributed by atoms with Gasteiger partial charge in [-0.15, -0.1) is 0 Å². The highest BCUT2D eigenvalue weighted by atomic mass is 16.6. The first kappa shape index (κ1) is 28.4. The summed E-state index contributed by atoms with van der Waals surface area (Å²) in [4.78, 5) is 14.1. The second-order valence-electron chi connectivity index (χ2n) is 9.77. The number of aryl methyl sites for hydroxylation is 2. The highest BCUT2D eigenvalue weighted by molar-refractivity contribution is 5.87. The lowest BCUT2D eigenvalue weighted by Gasteiger charge is -2.28. The van der Waals surface area contributed by atoms with Crippen LogP contribution in [0.5, 0.6) is 5.75 Å². The number of carbonyl (C=O) groups is 1. The lowest BCUT2D eigenvalue weighted by molar-refractivity contribution is -0.141. The molecule has 0 aromatic heterocycles. The summed E-state index contributed by atoms with van der Waals surface area (Å²) in [6, 6.07) is 32.7. The molecule has 0 saturated heterocycles. The topological polar surface area (TPSA) is 59.0 Å². The zero-order valence-electron chi connectivity index (χ0n) is 23.2. The maximum Gasteiger partial charge on any atom is 0.333 e. The number of aliphatic hydroxyl groups excluding tert-OH is 1. The van der Waals surface area contributed by atoms with Gasteiger partial charge in [-0.1, -0.05) is 84.5 Å². The normalized spacial score (nSPS) is 11.7. The van der Waals surface area contributed by atoms with Crippen molar-refractivity contribution in [2.75, 3.05) is 18.1 Å². The van der Waals surface area contributed by atoms with Crippen LogP contribution in [-0.2, 0) is 9.53 Å². The van der Waals surface area contributed by atoms with Crippen molar-refractivity contribution in [1.29, 1.82) is 0 Å². The molecule has 1 atom stereocenters. The van der Waals surface area contributed by atoms with Crippen molar-refractivity contribution < 1.29 is 19.4 Å². The van der Waals surface area contributed by atoms with Crippen LogP contribution < -0.4 is 9.64 Å². The predicted molar refractivity (Wildman–Crippen MR) is 163 cm³/mol. The molecule has 5 heteroatoms. The zero-order valence-corrected chi connectivity index (χ0v) is 23.2. The van der Waals surface area contributed by atoms with Gasteiger partial charge in [0.2, 0.25) is 0 Å². The minimum Gasteiger partial charge on any atom is -0.484 e. The Balaban J connectivity index is 1.78. The van der Waals surface area contributed by atoms with E-state index in [0.717, 1.165) is 28.2 Å². The Bertz CT molecular complexity index is 1410. The number of hydrogen-bond acceptors (Lipinski definition) is 5. The number of rotatable bonds is 11. The Morgan fingerprint density at radius 3 is 2.02 bits per heavy atom. The van der Waals surface area contributed by atoms with Crippen molar-refractivity contribution >= 4 is 35.2 Å². The van der Waals surface area contributed by atoms with E-state index < -0.39 is 12.1 Å². The molecule has 0 amide bonds. The summed E-state index contributed by atoms with van der Waals surface area (Å²) < 4.78 is 11.3. The maximum atomic E-state index is 11.9. The van der Waals surface area contributed by atoms with Crippen molar-refractivity contribution in [3.63, 3.8) is 0 Å². The van der Waals surface area contributed by atoms with Crippen LogP contribution >= 0.6 is 0 Å². The number of ether oxygens (including phenoxy) is 2. The van der Waals surface area contributed by atoms with Gasteiger partial charge in [-0.05, 0) is 68.3 Å². The molecule has 0 spiro atoms. The molecule has 0 radical (unpaired) electrons. The first-order valence-electron chi connectivity index (χ1n) is 13.2. The van der Waals surface area contributed by atoms with Gasteiger partial charge in [0.25, 0.3) is 0 Å². The third kappa shape index (κ3) is 7.49. The SMILES string of the molecule is C=C(C)C(=O)OCC(CO)Oc1ccc(/C=C/c2ccccc2)c(N(c2ccc(C)cc2)c2ccc(C)cc2)c1. The van der Waals surface area contributed by atoms with E-state index in [0.29, 0.717) is 11.3 Å². The smallest absolute Gasteiger partial charge is 0.333 e. The van der Waals surface area contributed by atoms with Crippen LogP contribution in [0.1, 0.15) is 29.2 Å². The van der Waals surface area contributed by atoms with Gasteiger partial charge in [0, 0.05) is 23.0 Å². The molecule has 0 fully saturated rings. The molecular weight excluding hydrogens is 498 g/mol. The summed E-state index contributed by atoms with van der Waals surface area (Å²) in [6.07, 6.45) is 3.44. The van der Waals surface area contributed by atoms with E-state index in [-0.39, 0.29) is 13.2 Å². The van der Waals surface area contributed by atoms with Gasteiger partial charge in [0.1, 0.15) is 12.4 Å². The van der Waals surface area contributed by atoms with Gasteiger partial charge < -0.3 is 19.5 Å². The predicted octanol–water partition coefficient (Wildman–Crippen LogP) is 7.80. The first-order valence-corrected chi connectivity index (χ1v) is 13.2. The average Bonchev–Trinajstić information content (AvgIpc) is 2.97. The number of hydrogen-bond donors (Lipinski definition) is 1. The standard InChI is InChI=1S/C35H35NO4/c1-25(2)35(38)39-24-33(23-37)40-32-21-16-29(15-14-28-8-6-5-7-9-28)34(22-32)36(30-17-10-26(3)11-18-30)31-19-12-27(4)13-20-31/h5-22,33,37H,1,23-24H2,2-4H3/b15-14+. The fourth-order valence-corrected chi connectivity index (χ4v) is 4.10. The third-order valence-electron chi connectivity index (χ3n) is 6.34. The molecule has 0 aliphatic carbocycles. The molecule has 0 aliphatic heterocycles. The fourth-order valence-electron chi connectivity index (χ4n) is 4.10. The molecule has 0 saturated carbocycles. The number of nitrogens with zero attached hydrogens (tertiary/aromatic N) is 1. The van der Waals surface area contributed by atoms with Crippen LogP contribution in [0.25, 0.3) is 12.2 Å². The summed E-state index contributed by atoms with van der Waals surface area (Å²) >= 11 is 0. The number of benzene rings is 4. The zero-order chi connectivity index (χ0) is 28.5. The van der Waals surface area contributed by atoms with E-state index in [1.807, 2.05) is 36.4 Å². The van der Waals surface area contributed by atoms with Gasteiger partial charge in [-0.3, -0.25) is 0 Å². The highest BCUT2D eigenvalue weighted by Crippen LogP contribution is 2.39. The molecule has 4 aromatic rings. The molecule has 4 aromatic carbocycles. The summed E-state index contributed by atoms with van der Waals surface area (Å²) in [5, 5.41) is 9.93. The molecule has 204 valence electrons. The third-order valence-corrected chi connectivity index (χ3v) is 6.34. The number of aliphatic hydroxyl groups is 1. The van der Waals surface area contributed by atoms with E-state index in [1.54, 1.807) is 6.92 Å². The number of carbonyl (C=O) groups excluding carboxylic acids is 1. The second-order valence-corrected chi connectivity index (χ2v) is 9.77. The molecule has 0 aliphatic rings. The van der Waals surface area contributed by atoms with Gasteiger partial charge in [0.15, 0.2) is 6.10 Å². The van der Waals surface area contributed by atoms with Crippen molar-refractivity contribution in [2.45, 2.75) is 26.9 Å². The Morgan fingerprint density at radius 1 is 0.875 bits per heavy atom. The molecule has 0 heterocycles. The Morgan fingerprint density at radius 2 is 1.48 bits per heavy atom. The molecule has 5 nitrogen and oxygen atoms in total. The summed E-state index contributed by atoms with van der Waals surface area (Å²) in [5.74, 6) is 0.0237. The number of esters is 1. The van der Waals surface area contributed by atoms with E-state index in [9.17, 15) is 9.90 Å². The molecule has 40 heavy (non-hydrogen) atoms. The largest absolute Gasteiger partial charge is 0.484 e. The van der Waals surface area contributed by atoms with Gasteiger partial charge >= 0.3 is 5.97 Å². The Labute approximate surface area is 236 Å². The van der Waals surface area contributed by atoms with Gasteiger partial charge in [0.05, 0.1) is 12.3 Å². The van der Waals surface area contributed by atoms with Gasteiger partial charge in [-0.25, -0.2) is 4.79 Å². The minimum absolute atomic E-state index is 0.0904. The quantitative estimate of drug-likeness (QED) is 0.121. The summed E-state index contributed by atoms with van der Waals surface area (Å²) in [5.41, 5.74) is 7.59. The van der Waals surface area contributed by atoms with Crippen molar-refractivity contribution in [2.24, 2.45) is 0 Å². The lowest BCUT2D eigenvalue weighted by atomic mass is 10.1. The summed E-state index contributed by atoms with van der Waals surface area (Å²) in [6.45, 7) is 8.91. The van der Waals surface area contributed by atoms with E-state index >= 15 is 0 Å². The van der Waals surface area contributed by atoms with Crippen LogP contribution in [0.4, 0.5) is 17.1 Å². The highest BCUT2D eigenvalue weighted by Gasteiger charge is 2.19. The van der Waals surface area contributed by atoms with Crippen LogP contribution in [-0.4, -0.2) is 30.4 Å². The van der Waals surface area contributed by atoms with Crippen molar-refractivity contribution in [3.8, 4) is 5.75 Å². The van der Waals surface area contributed by atoms with E-state index in [1.165, 1.54) is 11.1 Å². The molecule has 4 rings (SSSR count). The Hall–Kier alpha value is -4.61. The Kier molecular flexibility index (Phi) is 9.55. The monoisotopic (exact) mass is 533 g/mol. The van der Waals surface area contributed by atoms with E-state index in [2.05, 4.69) is 98.1 Å². The molecule has 1 unspecified atom stereocenters.